The molecule has 0 saturated heterocycles. The predicted molar refractivity (Wildman–Crippen MR) is 98.8 cm³/mol. The van der Waals surface area contributed by atoms with Gasteiger partial charge in [0, 0.05) is 34.8 Å². The number of fused-ring (bicyclic) bond motifs is 1. The minimum atomic E-state index is -4.48. The zero-order valence-corrected chi connectivity index (χ0v) is 16.1. The number of rotatable bonds is 5. The van der Waals surface area contributed by atoms with Gasteiger partial charge in [0.1, 0.15) is 6.04 Å². The summed E-state index contributed by atoms with van der Waals surface area (Å²) in [6.07, 6.45) is -4.48. The topological polar surface area (TPSA) is 34.5 Å². The molecule has 0 N–H and O–H groups in total. The zero-order valence-electron chi connectivity index (χ0n) is 14.5. The first-order chi connectivity index (χ1) is 12.8. The lowest BCUT2D eigenvalue weighted by Gasteiger charge is -2.31. The van der Waals surface area contributed by atoms with Gasteiger partial charge in [0.15, 0.2) is 0 Å². The van der Waals surface area contributed by atoms with Crippen molar-refractivity contribution >= 4 is 23.5 Å². The summed E-state index contributed by atoms with van der Waals surface area (Å²) in [5.74, 6) is 0. The maximum Gasteiger partial charge on any atom is 0.408 e. The molecule has 0 saturated carbocycles. The van der Waals surface area contributed by atoms with Crippen molar-refractivity contribution < 1.29 is 17.9 Å². The van der Waals surface area contributed by atoms with E-state index in [1.54, 1.807) is 17.6 Å². The van der Waals surface area contributed by atoms with Gasteiger partial charge in [-0.05, 0) is 35.7 Å². The molecule has 0 spiro atoms. The minimum absolute atomic E-state index is 0.0965. The van der Waals surface area contributed by atoms with Crippen molar-refractivity contribution in [3.8, 4) is 0 Å². The van der Waals surface area contributed by atoms with Crippen LogP contribution in [0.3, 0.4) is 0 Å². The number of benzene rings is 1. The van der Waals surface area contributed by atoms with Crippen LogP contribution in [0.4, 0.5) is 13.2 Å². The number of alkyl halides is 3. The Hall–Kier alpha value is -1.48. The van der Waals surface area contributed by atoms with Crippen LogP contribution in [0.25, 0.3) is 0 Å². The molecule has 4 nitrogen and oxygen atoms in total. The van der Waals surface area contributed by atoms with Crippen LogP contribution in [0, 0.1) is 0 Å². The highest BCUT2D eigenvalue weighted by Gasteiger charge is 2.44. The lowest BCUT2D eigenvalue weighted by molar-refractivity contribution is -0.172. The predicted octanol–water partition coefficient (Wildman–Crippen LogP) is 4.66. The molecule has 1 aliphatic rings. The third kappa shape index (κ3) is 4.68. The van der Waals surface area contributed by atoms with E-state index in [9.17, 15) is 18.0 Å². The molecule has 27 heavy (non-hydrogen) atoms. The van der Waals surface area contributed by atoms with Gasteiger partial charge in [0.2, 0.25) is 0 Å². The van der Waals surface area contributed by atoms with Crippen LogP contribution < -0.4 is 5.56 Å². The van der Waals surface area contributed by atoms with E-state index in [2.05, 4.69) is 0 Å². The number of hydrogen-bond donors (Lipinski definition) is 0. The van der Waals surface area contributed by atoms with Crippen molar-refractivity contribution in [1.82, 2.24) is 8.87 Å². The molecular formula is C18H18ClF3N2O2S. The van der Waals surface area contributed by atoms with Crippen LogP contribution in [0.15, 0.2) is 46.1 Å². The maximum absolute atomic E-state index is 13.8. The lowest BCUT2D eigenvalue weighted by atomic mass is 10.1. The van der Waals surface area contributed by atoms with Crippen LogP contribution in [-0.2, 0) is 17.9 Å². The van der Waals surface area contributed by atoms with Crippen LogP contribution in [0.2, 0.25) is 5.02 Å². The molecule has 0 fully saturated rings. The van der Waals surface area contributed by atoms with E-state index >= 15 is 0 Å². The highest BCUT2D eigenvalue weighted by molar-refractivity contribution is 7.97. The molecule has 1 aromatic heterocycles. The fourth-order valence-corrected chi connectivity index (χ4v) is 4.20. The van der Waals surface area contributed by atoms with Crippen molar-refractivity contribution in [3.05, 3.63) is 63.0 Å². The summed E-state index contributed by atoms with van der Waals surface area (Å²) in [5, 5.41) is 0.373. The summed E-state index contributed by atoms with van der Waals surface area (Å²) in [4.78, 5) is 12.7. The smallest absolute Gasteiger partial charge is 0.373 e. The normalized spacial score (nSPS) is 15.6. The van der Waals surface area contributed by atoms with Crippen molar-refractivity contribution in [1.29, 1.82) is 0 Å². The zero-order chi connectivity index (χ0) is 19.6. The molecule has 0 bridgehead atoms. The second-order valence-corrected chi connectivity index (χ2v) is 7.60. The van der Waals surface area contributed by atoms with Crippen molar-refractivity contribution in [3.63, 3.8) is 0 Å². The Kier molecular flexibility index (Phi) is 6.20. The fraction of sp³-hybridized carbons (Fsp3) is 0.389. The monoisotopic (exact) mass is 418 g/mol. The van der Waals surface area contributed by atoms with Crippen LogP contribution in [-0.4, -0.2) is 28.2 Å². The molecule has 9 heteroatoms. The first-order valence-corrected chi connectivity index (χ1v) is 9.53. The number of hydrogen-bond acceptors (Lipinski definition) is 4. The van der Waals surface area contributed by atoms with E-state index < -0.39 is 12.2 Å². The molecule has 0 radical (unpaired) electrons. The second kappa shape index (κ2) is 8.26. The minimum Gasteiger partial charge on any atom is -0.373 e. The molecule has 0 aliphatic carbocycles. The fourth-order valence-electron chi connectivity index (χ4n) is 2.98. The van der Waals surface area contributed by atoms with Gasteiger partial charge in [-0.3, -0.25) is 4.79 Å². The number of aromatic nitrogens is 1. The van der Waals surface area contributed by atoms with Gasteiger partial charge in [-0.15, -0.1) is 0 Å². The van der Waals surface area contributed by atoms with Gasteiger partial charge in [0.25, 0.3) is 5.56 Å². The van der Waals surface area contributed by atoms with Crippen molar-refractivity contribution in [2.45, 2.75) is 37.2 Å². The van der Waals surface area contributed by atoms with Gasteiger partial charge < -0.3 is 9.30 Å². The summed E-state index contributed by atoms with van der Waals surface area (Å²) in [6.45, 7) is 2.96. The van der Waals surface area contributed by atoms with Crippen LogP contribution in [0.5, 0.6) is 0 Å². The van der Waals surface area contributed by atoms with Gasteiger partial charge in [-0.25, -0.2) is 4.31 Å². The van der Waals surface area contributed by atoms with E-state index in [1.165, 1.54) is 34.6 Å². The number of nitrogens with zero attached hydrogens (tertiary/aromatic N) is 2. The Morgan fingerprint density at radius 1 is 1.30 bits per heavy atom. The first-order valence-electron chi connectivity index (χ1n) is 8.38. The Labute approximate surface area is 164 Å². The molecule has 146 valence electrons. The van der Waals surface area contributed by atoms with E-state index in [1.807, 2.05) is 0 Å². The Bertz CT molecular complexity index is 855. The molecule has 2 heterocycles. The summed E-state index contributed by atoms with van der Waals surface area (Å²) in [5.41, 5.74) is 0.533. The molecule has 1 aliphatic heterocycles. The van der Waals surface area contributed by atoms with Crippen LogP contribution in [0.1, 0.15) is 24.2 Å². The highest BCUT2D eigenvalue weighted by atomic mass is 35.5. The summed E-state index contributed by atoms with van der Waals surface area (Å²) >= 11 is 6.73. The Morgan fingerprint density at radius 3 is 2.63 bits per heavy atom. The maximum atomic E-state index is 13.8. The molecule has 1 aromatic carbocycles. The third-order valence-electron chi connectivity index (χ3n) is 4.21. The third-order valence-corrected chi connectivity index (χ3v) is 5.62. The van der Waals surface area contributed by atoms with E-state index in [4.69, 9.17) is 16.3 Å². The van der Waals surface area contributed by atoms with Gasteiger partial charge in [-0.1, -0.05) is 30.7 Å². The van der Waals surface area contributed by atoms with E-state index in [0.29, 0.717) is 28.8 Å². The molecule has 1 unspecified atom stereocenters. The number of halogens is 4. The summed E-state index contributed by atoms with van der Waals surface area (Å²) in [7, 11) is 0. The van der Waals surface area contributed by atoms with Crippen LogP contribution >= 0.6 is 23.5 Å². The average Bonchev–Trinajstić information content (AvgIpc) is 2.61. The quantitative estimate of drug-likeness (QED) is 0.661. The van der Waals surface area contributed by atoms with E-state index in [0.717, 1.165) is 11.9 Å². The Balaban J connectivity index is 1.93. The van der Waals surface area contributed by atoms with E-state index in [-0.39, 0.29) is 24.3 Å². The standard InChI is InChI=1S/C18H18ClF3N2O2S/c1-2-24(17(18(20,21)22)12-3-5-13(19)6-4-12)27-15-9-14-11-26-8-7-23(14)16(25)10-15/h3-6,9-10,17H,2,7-8,11H2,1H3. The number of ether oxygens (including phenoxy) is 1. The average molecular weight is 419 g/mol. The number of pyridine rings is 1. The molecule has 0 amide bonds. The summed E-state index contributed by atoms with van der Waals surface area (Å²) < 4.78 is 49.6. The molecule has 3 rings (SSSR count). The second-order valence-electron chi connectivity index (χ2n) is 6.05. The Morgan fingerprint density at radius 2 is 2.00 bits per heavy atom. The largest absolute Gasteiger partial charge is 0.408 e. The molecule has 2 aromatic rings. The highest BCUT2D eigenvalue weighted by Crippen LogP contribution is 2.42. The van der Waals surface area contributed by atoms with Crippen molar-refractivity contribution in [2.24, 2.45) is 0 Å². The SMILES string of the molecule is CCN(Sc1cc2n(c(=O)c1)CCOC2)C(c1ccc(Cl)cc1)C(F)(F)F. The van der Waals surface area contributed by atoms with Gasteiger partial charge in [-0.2, -0.15) is 13.2 Å². The van der Waals surface area contributed by atoms with Crippen molar-refractivity contribution in [2.75, 3.05) is 13.2 Å². The van der Waals surface area contributed by atoms with Gasteiger partial charge in [0.05, 0.1) is 13.2 Å². The first kappa shape index (κ1) is 20.3. The lowest BCUT2D eigenvalue weighted by Crippen LogP contribution is -2.34. The summed E-state index contributed by atoms with van der Waals surface area (Å²) in [6, 6.07) is 6.90. The molecule has 1 atom stereocenters. The van der Waals surface area contributed by atoms with Gasteiger partial charge >= 0.3 is 6.18 Å². The molecular weight excluding hydrogens is 401 g/mol.